The SMILES string of the molecule is Fc1ccccc1NC1CCN(c2ccncc2)CC1. The molecule has 1 fully saturated rings. The minimum atomic E-state index is -0.177. The molecule has 1 saturated heterocycles. The number of nitrogens with zero attached hydrogens (tertiary/aromatic N) is 2. The summed E-state index contributed by atoms with van der Waals surface area (Å²) in [7, 11) is 0. The molecule has 1 N–H and O–H groups in total. The number of benzene rings is 1. The van der Waals surface area contributed by atoms with E-state index < -0.39 is 0 Å². The predicted octanol–water partition coefficient (Wildman–Crippen LogP) is 3.30. The van der Waals surface area contributed by atoms with Crippen molar-refractivity contribution in [3.8, 4) is 0 Å². The second kappa shape index (κ2) is 5.90. The van der Waals surface area contributed by atoms with Crippen LogP contribution in [0.5, 0.6) is 0 Å². The first kappa shape index (κ1) is 12.9. The van der Waals surface area contributed by atoms with Crippen LogP contribution in [-0.4, -0.2) is 24.1 Å². The normalized spacial score (nSPS) is 16.1. The maximum Gasteiger partial charge on any atom is 0.146 e. The van der Waals surface area contributed by atoms with E-state index in [2.05, 4.69) is 15.2 Å². The monoisotopic (exact) mass is 271 g/mol. The van der Waals surface area contributed by atoms with Crippen LogP contribution in [0.1, 0.15) is 12.8 Å². The van der Waals surface area contributed by atoms with Crippen molar-refractivity contribution in [1.29, 1.82) is 0 Å². The standard InChI is InChI=1S/C16H18FN3/c17-15-3-1-2-4-16(15)19-13-7-11-20(12-8-13)14-5-9-18-10-6-14/h1-6,9-10,13,19H,7-8,11-12H2. The van der Waals surface area contributed by atoms with E-state index in [0.717, 1.165) is 25.9 Å². The molecular formula is C16H18FN3. The molecule has 20 heavy (non-hydrogen) atoms. The van der Waals surface area contributed by atoms with Crippen LogP contribution >= 0.6 is 0 Å². The lowest BCUT2D eigenvalue weighted by Crippen LogP contribution is -2.39. The van der Waals surface area contributed by atoms with E-state index in [0.29, 0.717) is 11.7 Å². The van der Waals surface area contributed by atoms with Gasteiger partial charge in [0, 0.05) is 37.2 Å². The summed E-state index contributed by atoms with van der Waals surface area (Å²) in [5.74, 6) is -0.177. The zero-order valence-corrected chi connectivity index (χ0v) is 11.3. The predicted molar refractivity (Wildman–Crippen MR) is 79.5 cm³/mol. The summed E-state index contributed by atoms with van der Waals surface area (Å²) < 4.78 is 13.6. The summed E-state index contributed by atoms with van der Waals surface area (Å²) in [4.78, 5) is 6.39. The number of para-hydroxylation sites is 1. The number of hydrogen-bond acceptors (Lipinski definition) is 3. The second-order valence-electron chi connectivity index (χ2n) is 5.09. The third kappa shape index (κ3) is 2.90. The van der Waals surface area contributed by atoms with Crippen molar-refractivity contribution in [1.82, 2.24) is 4.98 Å². The Labute approximate surface area is 118 Å². The molecule has 3 nitrogen and oxygen atoms in total. The molecule has 1 aromatic carbocycles. The van der Waals surface area contributed by atoms with Gasteiger partial charge in [0.25, 0.3) is 0 Å². The number of pyridine rings is 1. The van der Waals surface area contributed by atoms with Gasteiger partial charge in [-0.05, 0) is 37.1 Å². The van der Waals surface area contributed by atoms with Crippen LogP contribution in [-0.2, 0) is 0 Å². The Hall–Kier alpha value is -2.10. The van der Waals surface area contributed by atoms with Crippen molar-refractivity contribution in [2.75, 3.05) is 23.3 Å². The zero-order chi connectivity index (χ0) is 13.8. The van der Waals surface area contributed by atoms with Crippen LogP contribution in [0.4, 0.5) is 15.8 Å². The summed E-state index contributed by atoms with van der Waals surface area (Å²) in [5, 5.41) is 3.31. The molecule has 0 amide bonds. The summed E-state index contributed by atoms with van der Waals surface area (Å²) >= 11 is 0. The molecule has 1 aromatic heterocycles. The third-order valence-corrected chi connectivity index (χ3v) is 3.76. The van der Waals surface area contributed by atoms with Crippen LogP contribution in [0.25, 0.3) is 0 Å². The summed E-state index contributed by atoms with van der Waals surface area (Å²) in [6, 6.07) is 11.3. The number of halogens is 1. The van der Waals surface area contributed by atoms with Crippen LogP contribution in [0, 0.1) is 5.82 Å². The first-order chi connectivity index (χ1) is 9.83. The van der Waals surface area contributed by atoms with E-state index in [4.69, 9.17) is 0 Å². The van der Waals surface area contributed by atoms with Crippen molar-refractivity contribution in [3.05, 3.63) is 54.6 Å². The molecule has 3 rings (SSSR count). The average Bonchev–Trinajstić information content (AvgIpc) is 2.51. The Morgan fingerprint density at radius 2 is 1.75 bits per heavy atom. The van der Waals surface area contributed by atoms with Crippen molar-refractivity contribution in [2.24, 2.45) is 0 Å². The van der Waals surface area contributed by atoms with Gasteiger partial charge < -0.3 is 10.2 Å². The molecule has 0 atom stereocenters. The summed E-state index contributed by atoms with van der Waals surface area (Å²) in [5.41, 5.74) is 1.82. The lowest BCUT2D eigenvalue weighted by Gasteiger charge is -2.34. The highest BCUT2D eigenvalue weighted by molar-refractivity contribution is 5.47. The number of hydrogen-bond donors (Lipinski definition) is 1. The van der Waals surface area contributed by atoms with Crippen LogP contribution < -0.4 is 10.2 Å². The molecule has 104 valence electrons. The second-order valence-corrected chi connectivity index (χ2v) is 5.09. The van der Waals surface area contributed by atoms with Crippen molar-refractivity contribution >= 4 is 11.4 Å². The fourth-order valence-corrected chi connectivity index (χ4v) is 2.64. The number of rotatable bonds is 3. The molecule has 4 heteroatoms. The minimum Gasteiger partial charge on any atom is -0.380 e. The molecule has 1 aliphatic rings. The maximum atomic E-state index is 13.6. The molecule has 0 radical (unpaired) electrons. The van der Waals surface area contributed by atoms with Gasteiger partial charge >= 0.3 is 0 Å². The van der Waals surface area contributed by atoms with E-state index in [1.54, 1.807) is 12.1 Å². The van der Waals surface area contributed by atoms with Crippen LogP contribution in [0.2, 0.25) is 0 Å². The Bertz CT molecular complexity index is 551. The van der Waals surface area contributed by atoms with Gasteiger partial charge in [0.05, 0.1) is 5.69 Å². The van der Waals surface area contributed by atoms with Crippen molar-refractivity contribution in [2.45, 2.75) is 18.9 Å². The topological polar surface area (TPSA) is 28.2 Å². The van der Waals surface area contributed by atoms with E-state index in [-0.39, 0.29) is 5.82 Å². The zero-order valence-electron chi connectivity index (χ0n) is 11.3. The quantitative estimate of drug-likeness (QED) is 0.928. The highest BCUT2D eigenvalue weighted by Gasteiger charge is 2.19. The van der Waals surface area contributed by atoms with Crippen molar-refractivity contribution in [3.63, 3.8) is 0 Å². The van der Waals surface area contributed by atoms with E-state index in [1.165, 1.54) is 11.8 Å². The Morgan fingerprint density at radius 1 is 1.05 bits per heavy atom. The Kier molecular flexibility index (Phi) is 3.81. The maximum absolute atomic E-state index is 13.6. The van der Waals surface area contributed by atoms with Crippen LogP contribution in [0.3, 0.4) is 0 Å². The molecule has 0 spiro atoms. The molecule has 0 aliphatic carbocycles. The molecule has 0 saturated carbocycles. The Morgan fingerprint density at radius 3 is 2.45 bits per heavy atom. The van der Waals surface area contributed by atoms with E-state index >= 15 is 0 Å². The van der Waals surface area contributed by atoms with Gasteiger partial charge in [0.1, 0.15) is 5.82 Å². The molecule has 1 aliphatic heterocycles. The fourth-order valence-electron chi connectivity index (χ4n) is 2.64. The fraction of sp³-hybridized carbons (Fsp3) is 0.312. The Balaban J connectivity index is 1.58. The summed E-state index contributed by atoms with van der Waals surface area (Å²) in [6.07, 6.45) is 5.66. The highest BCUT2D eigenvalue weighted by atomic mass is 19.1. The van der Waals surface area contributed by atoms with E-state index in [9.17, 15) is 4.39 Å². The molecule has 2 aromatic rings. The number of anilines is 2. The number of nitrogens with one attached hydrogen (secondary N) is 1. The van der Waals surface area contributed by atoms with Gasteiger partial charge in [0.2, 0.25) is 0 Å². The molecule has 0 unspecified atom stereocenters. The lowest BCUT2D eigenvalue weighted by atomic mass is 10.0. The average molecular weight is 271 g/mol. The number of piperidine rings is 1. The third-order valence-electron chi connectivity index (χ3n) is 3.76. The van der Waals surface area contributed by atoms with Gasteiger partial charge in [-0.15, -0.1) is 0 Å². The smallest absolute Gasteiger partial charge is 0.146 e. The first-order valence-corrected chi connectivity index (χ1v) is 6.99. The van der Waals surface area contributed by atoms with Gasteiger partial charge in [-0.25, -0.2) is 4.39 Å². The lowest BCUT2D eigenvalue weighted by molar-refractivity contribution is 0.522. The van der Waals surface area contributed by atoms with Crippen LogP contribution in [0.15, 0.2) is 48.8 Å². The van der Waals surface area contributed by atoms with Gasteiger partial charge in [-0.1, -0.05) is 12.1 Å². The first-order valence-electron chi connectivity index (χ1n) is 6.99. The number of aromatic nitrogens is 1. The molecular weight excluding hydrogens is 253 g/mol. The van der Waals surface area contributed by atoms with Gasteiger partial charge in [-0.3, -0.25) is 4.98 Å². The highest BCUT2D eigenvalue weighted by Crippen LogP contribution is 2.22. The van der Waals surface area contributed by atoms with E-state index in [1.807, 2.05) is 30.6 Å². The largest absolute Gasteiger partial charge is 0.380 e. The van der Waals surface area contributed by atoms with Gasteiger partial charge in [0.15, 0.2) is 0 Å². The molecule has 0 bridgehead atoms. The molecule has 2 heterocycles. The summed E-state index contributed by atoms with van der Waals surface area (Å²) in [6.45, 7) is 1.96. The van der Waals surface area contributed by atoms with Gasteiger partial charge in [-0.2, -0.15) is 0 Å². The van der Waals surface area contributed by atoms with Crippen molar-refractivity contribution < 1.29 is 4.39 Å². The minimum absolute atomic E-state index is 0.177.